The summed E-state index contributed by atoms with van der Waals surface area (Å²) in [4.78, 5) is 6.07. The van der Waals surface area contributed by atoms with Crippen LogP contribution in [0.15, 0.2) is 18.3 Å². The van der Waals surface area contributed by atoms with E-state index < -0.39 is 0 Å². The van der Waals surface area contributed by atoms with E-state index >= 15 is 0 Å². The Morgan fingerprint density at radius 1 is 1.57 bits per heavy atom. The van der Waals surface area contributed by atoms with Gasteiger partial charge in [0.25, 0.3) is 0 Å². The van der Waals surface area contributed by atoms with Gasteiger partial charge in [-0.3, -0.25) is 0 Å². The van der Waals surface area contributed by atoms with Gasteiger partial charge in [0.1, 0.15) is 0 Å². The number of aromatic nitrogens is 1. The van der Waals surface area contributed by atoms with E-state index in [-0.39, 0.29) is 11.9 Å². The van der Waals surface area contributed by atoms with E-state index in [0.29, 0.717) is 17.8 Å². The van der Waals surface area contributed by atoms with Crippen molar-refractivity contribution in [3.8, 4) is 0 Å². The molecule has 3 nitrogen and oxygen atoms in total. The summed E-state index contributed by atoms with van der Waals surface area (Å²) in [6, 6.07) is 3.59. The highest BCUT2D eigenvalue weighted by atomic mass is 19.1. The van der Waals surface area contributed by atoms with Gasteiger partial charge in [-0.2, -0.15) is 0 Å². The van der Waals surface area contributed by atoms with Crippen LogP contribution in [0.1, 0.15) is 6.42 Å². The highest BCUT2D eigenvalue weighted by Gasteiger charge is 2.50. The van der Waals surface area contributed by atoms with E-state index in [1.165, 1.54) is 6.07 Å². The van der Waals surface area contributed by atoms with E-state index in [4.69, 9.17) is 5.73 Å². The van der Waals surface area contributed by atoms with Crippen LogP contribution in [0.25, 0.3) is 0 Å². The Balaban J connectivity index is 1.94. The third-order valence-electron chi connectivity index (χ3n) is 3.38. The van der Waals surface area contributed by atoms with Crippen molar-refractivity contribution in [3.63, 3.8) is 0 Å². The second-order valence-electron chi connectivity index (χ2n) is 4.10. The van der Waals surface area contributed by atoms with Gasteiger partial charge in [-0.25, -0.2) is 9.37 Å². The topological polar surface area (TPSA) is 42.1 Å². The average Bonchev–Trinajstić information content (AvgIpc) is 2.75. The van der Waals surface area contributed by atoms with Gasteiger partial charge in [0.05, 0.1) is 0 Å². The van der Waals surface area contributed by atoms with Gasteiger partial charge in [0.15, 0.2) is 11.6 Å². The van der Waals surface area contributed by atoms with Gasteiger partial charge in [0.2, 0.25) is 0 Å². The first-order chi connectivity index (χ1) is 6.77. The van der Waals surface area contributed by atoms with Gasteiger partial charge in [0, 0.05) is 24.8 Å². The third-order valence-corrected chi connectivity index (χ3v) is 3.38. The maximum absolute atomic E-state index is 13.4. The summed E-state index contributed by atoms with van der Waals surface area (Å²) >= 11 is 0. The minimum Gasteiger partial charge on any atom is -0.349 e. The molecule has 2 N–H and O–H groups in total. The van der Waals surface area contributed by atoms with Gasteiger partial charge < -0.3 is 10.6 Å². The number of nitrogens with zero attached hydrogens (tertiary/aromatic N) is 2. The van der Waals surface area contributed by atoms with Crippen LogP contribution in [0.2, 0.25) is 0 Å². The molecule has 4 heteroatoms. The number of anilines is 1. The molecule has 3 heterocycles. The molecule has 0 aromatic carbocycles. The molecule has 0 radical (unpaired) electrons. The zero-order valence-electron chi connectivity index (χ0n) is 7.73. The van der Waals surface area contributed by atoms with Crippen LogP contribution in [-0.2, 0) is 0 Å². The van der Waals surface area contributed by atoms with Crippen molar-refractivity contribution in [1.82, 2.24) is 4.98 Å². The molecule has 3 fully saturated rings. The Bertz CT molecular complexity index is 368. The molecule has 4 rings (SSSR count). The molecule has 1 aromatic heterocycles. The lowest BCUT2D eigenvalue weighted by Crippen LogP contribution is -2.49. The number of halogens is 1. The Hall–Kier alpha value is -1.16. The summed E-state index contributed by atoms with van der Waals surface area (Å²) in [7, 11) is 0. The molecule has 3 aliphatic rings. The third kappa shape index (κ3) is 0.917. The summed E-state index contributed by atoms with van der Waals surface area (Å²) in [5.41, 5.74) is 5.91. The molecule has 0 spiro atoms. The van der Waals surface area contributed by atoms with Gasteiger partial charge in [-0.1, -0.05) is 0 Å². The van der Waals surface area contributed by atoms with Crippen LogP contribution >= 0.6 is 0 Å². The number of pyridine rings is 1. The first-order valence-electron chi connectivity index (χ1n) is 4.90. The van der Waals surface area contributed by atoms with Gasteiger partial charge in [-0.05, 0) is 24.5 Å². The highest BCUT2D eigenvalue weighted by molar-refractivity contribution is 5.46. The molecular weight excluding hydrogens is 181 g/mol. The number of fused-ring (bicyclic) bond motifs is 1. The molecule has 1 saturated carbocycles. The standard InChI is InChI=1S/C10H12FN3/c11-7-2-1-3-13-10(7)14-5-6-4-8(14)9(6)12/h1-3,6,8-9H,4-5,12H2. The number of nitrogens with two attached hydrogens (primary N) is 1. The van der Waals surface area contributed by atoms with Crippen LogP contribution in [0.5, 0.6) is 0 Å². The largest absolute Gasteiger partial charge is 0.349 e. The fourth-order valence-electron chi connectivity index (χ4n) is 2.49. The first-order valence-corrected chi connectivity index (χ1v) is 4.90. The summed E-state index contributed by atoms with van der Waals surface area (Å²) in [5.74, 6) is 0.765. The Labute approximate surface area is 81.7 Å². The predicted octanol–water partition coefficient (Wildman–Crippen LogP) is 0.756. The summed E-state index contributed by atoms with van der Waals surface area (Å²) in [6.45, 7) is 0.861. The van der Waals surface area contributed by atoms with Crippen molar-refractivity contribution in [2.45, 2.75) is 18.5 Å². The molecular formula is C10H12FN3. The lowest BCUT2D eigenvalue weighted by atomic mass is 9.81. The van der Waals surface area contributed by atoms with Crippen molar-refractivity contribution >= 4 is 5.82 Å². The van der Waals surface area contributed by atoms with Crippen LogP contribution in [0, 0.1) is 11.7 Å². The van der Waals surface area contributed by atoms with E-state index in [9.17, 15) is 4.39 Å². The molecule has 2 bridgehead atoms. The van der Waals surface area contributed by atoms with Gasteiger partial charge in [-0.15, -0.1) is 0 Å². The second kappa shape index (κ2) is 2.67. The van der Waals surface area contributed by atoms with Crippen molar-refractivity contribution in [2.24, 2.45) is 11.7 Å². The maximum atomic E-state index is 13.4. The molecule has 74 valence electrons. The summed E-state index contributed by atoms with van der Waals surface area (Å²) in [5, 5.41) is 0. The molecule has 0 amide bonds. The number of hydrogen-bond acceptors (Lipinski definition) is 3. The van der Waals surface area contributed by atoms with Crippen molar-refractivity contribution in [3.05, 3.63) is 24.1 Å². The second-order valence-corrected chi connectivity index (χ2v) is 4.10. The molecule has 1 aliphatic carbocycles. The summed E-state index contributed by atoms with van der Waals surface area (Å²) < 4.78 is 13.4. The Morgan fingerprint density at radius 2 is 2.43 bits per heavy atom. The number of rotatable bonds is 1. The molecule has 14 heavy (non-hydrogen) atoms. The normalized spacial score (nSPS) is 34.4. The van der Waals surface area contributed by atoms with E-state index in [0.717, 1.165) is 13.0 Å². The Kier molecular flexibility index (Phi) is 1.56. The van der Waals surface area contributed by atoms with Crippen molar-refractivity contribution in [2.75, 3.05) is 11.4 Å². The number of hydrogen-bond donors (Lipinski definition) is 1. The van der Waals surface area contributed by atoms with Crippen LogP contribution in [0.4, 0.5) is 10.2 Å². The lowest BCUT2D eigenvalue weighted by molar-refractivity contribution is 0.311. The first kappa shape index (κ1) is 8.17. The van der Waals surface area contributed by atoms with Crippen LogP contribution in [-0.4, -0.2) is 23.6 Å². The minimum absolute atomic E-state index is 0.219. The molecule has 2 saturated heterocycles. The quantitative estimate of drug-likeness (QED) is 0.715. The highest BCUT2D eigenvalue weighted by Crippen LogP contribution is 2.42. The maximum Gasteiger partial charge on any atom is 0.165 e. The zero-order valence-corrected chi connectivity index (χ0v) is 7.73. The smallest absolute Gasteiger partial charge is 0.165 e. The fraction of sp³-hybridized carbons (Fsp3) is 0.500. The van der Waals surface area contributed by atoms with Gasteiger partial charge >= 0.3 is 0 Å². The molecule has 3 unspecified atom stereocenters. The van der Waals surface area contributed by atoms with E-state index in [1.54, 1.807) is 12.3 Å². The zero-order chi connectivity index (χ0) is 9.71. The minimum atomic E-state index is -0.243. The monoisotopic (exact) mass is 193 g/mol. The van der Waals surface area contributed by atoms with Crippen molar-refractivity contribution in [1.29, 1.82) is 0 Å². The van der Waals surface area contributed by atoms with E-state index in [1.807, 2.05) is 4.90 Å². The fourth-order valence-corrected chi connectivity index (χ4v) is 2.49. The van der Waals surface area contributed by atoms with Crippen LogP contribution < -0.4 is 10.6 Å². The summed E-state index contributed by atoms with van der Waals surface area (Å²) in [6.07, 6.45) is 2.72. The average molecular weight is 193 g/mol. The van der Waals surface area contributed by atoms with Crippen LogP contribution in [0.3, 0.4) is 0 Å². The van der Waals surface area contributed by atoms with Crippen molar-refractivity contribution < 1.29 is 4.39 Å². The Morgan fingerprint density at radius 3 is 3.00 bits per heavy atom. The van der Waals surface area contributed by atoms with E-state index in [2.05, 4.69) is 4.98 Å². The SMILES string of the molecule is NC1C2CC1N(c1ncccc1F)C2. The molecule has 3 atom stereocenters. The molecule has 1 aromatic rings. The predicted molar refractivity (Wildman–Crippen MR) is 51.4 cm³/mol. The lowest BCUT2D eigenvalue weighted by Gasteiger charge is -2.33. The molecule has 2 aliphatic heterocycles.